The van der Waals surface area contributed by atoms with Gasteiger partial charge < -0.3 is 15.1 Å². The average molecular weight is 370 g/mol. The lowest BCUT2D eigenvalue weighted by Gasteiger charge is -2.33. The second kappa shape index (κ2) is 5.73. The number of anilines is 1. The van der Waals surface area contributed by atoms with Crippen molar-refractivity contribution in [2.75, 3.05) is 18.4 Å². The summed E-state index contributed by atoms with van der Waals surface area (Å²) in [5, 5.41) is 2.52. The van der Waals surface area contributed by atoms with E-state index in [1.165, 1.54) is 16.5 Å². The third-order valence-corrected chi connectivity index (χ3v) is 5.71. The van der Waals surface area contributed by atoms with Gasteiger partial charge in [0, 0.05) is 30.4 Å². The molecule has 6 nitrogen and oxygen atoms in total. The number of carbonyl (C=O) groups excluding carboxylic acids is 2. The van der Waals surface area contributed by atoms with Gasteiger partial charge in [-0.15, -0.1) is 0 Å². The maximum absolute atomic E-state index is 14.1. The van der Waals surface area contributed by atoms with E-state index >= 15 is 0 Å². The molecule has 0 radical (unpaired) electrons. The van der Waals surface area contributed by atoms with Crippen molar-refractivity contribution in [3.05, 3.63) is 58.9 Å². The normalized spacial score (nSPS) is 22.5. The molecule has 3 aliphatic rings. The Bertz CT molecular complexity index is 980. The molecule has 8 heteroatoms. The van der Waals surface area contributed by atoms with E-state index in [9.17, 15) is 18.4 Å². The first-order valence-corrected chi connectivity index (χ1v) is 8.79. The Morgan fingerprint density at radius 2 is 2.11 bits per heavy atom. The highest BCUT2D eigenvalue weighted by Gasteiger charge is 2.45. The number of urea groups is 1. The van der Waals surface area contributed by atoms with Crippen LogP contribution >= 0.6 is 0 Å². The number of amides is 3. The number of carbonyl (C=O) groups is 2. The summed E-state index contributed by atoms with van der Waals surface area (Å²) in [5.74, 6) is -1.88. The molecule has 2 aliphatic heterocycles. The quantitative estimate of drug-likeness (QED) is 0.884. The lowest BCUT2D eigenvalue weighted by atomic mass is 10.0. The second-order valence-corrected chi connectivity index (χ2v) is 7.17. The summed E-state index contributed by atoms with van der Waals surface area (Å²) in [6.45, 7) is 0.284. The SMILES string of the molecule is O=C1Nc2ccc(F)c(F)c2CN1CC(=O)N1C[C@@H]2C[C@H]1c1cnccc12. The molecule has 3 heterocycles. The minimum absolute atomic E-state index is 0.0273. The fraction of sp³-hybridized carbons (Fsp3) is 0.316. The van der Waals surface area contributed by atoms with Gasteiger partial charge in [-0.1, -0.05) is 0 Å². The number of nitrogens with one attached hydrogen (secondary N) is 1. The molecular formula is C19H16F2N4O2. The van der Waals surface area contributed by atoms with Crippen molar-refractivity contribution in [3.63, 3.8) is 0 Å². The van der Waals surface area contributed by atoms with Crippen LogP contribution in [0.25, 0.3) is 0 Å². The molecule has 1 aromatic carbocycles. The van der Waals surface area contributed by atoms with Gasteiger partial charge in [-0.3, -0.25) is 9.78 Å². The summed E-state index contributed by atoms with van der Waals surface area (Å²) in [6.07, 6.45) is 4.41. The van der Waals surface area contributed by atoms with E-state index in [4.69, 9.17) is 0 Å². The van der Waals surface area contributed by atoms with Crippen LogP contribution in [-0.4, -0.2) is 39.8 Å². The second-order valence-electron chi connectivity index (χ2n) is 7.17. The third kappa shape index (κ3) is 2.39. The van der Waals surface area contributed by atoms with Crippen LogP contribution in [-0.2, 0) is 11.3 Å². The first-order chi connectivity index (χ1) is 13.0. The molecule has 138 valence electrons. The van der Waals surface area contributed by atoms with Gasteiger partial charge in [0.1, 0.15) is 6.54 Å². The number of likely N-dealkylation sites (tertiary alicyclic amines) is 1. The van der Waals surface area contributed by atoms with Crippen LogP contribution in [0.4, 0.5) is 19.3 Å². The van der Waals surface area contributed by atoms with Crippen molar-refractivity contribution in [3.8, 4) is 0 Å². The smallest absolute Gasteiger partial charge is 0.322 e. The minimum Gasteiger partial charge on any atom is -0.333 e. The average Bonchev–Trinajstić information content (AvgIpc) is 3.26. The summed E-state index contributed by atoms with van der Waals surface area (Å²) in [5.41, 5.74) is 2.59. The zero-order chi connectivity index (χ0) is 18.7. The molecule has 2 bridgehead atoms. The van der Waals surface area contributed by atoms with E-state index in [0.717, 1.165) is 18.1 Å². The molecule has 1 saturated heterocycles. The van der Waals surface area contributed by atoms with E-state index in [2.05, 4.69) is 10.3 Å². The Morgan fingerprint density at radius 3 is 2.96 bits per heavy atom. The van der Waals surface area contributed by atoms with Gasteiger partial charge >= 0.3 is 6.03 Å². The standard InChI is InChI=1S/C19H16F2N4O2/c20-14-1-2-15-13(18(14)21)8-24(19(27)23-15)9-17(26)25-7-10-5-16(25)12-6-22-4-3-11(10)12/h1-4,6,10,16H,5,7-9H2,(H,23,27)/t10-,16-/m0/s1. The van der Waals surface area contributed by atoms with E-state index in [0.29, 0.717) is 12.5 Å². The number of hydrogen-bond acceptors (Lipinski definition) is 3. The van der Waals surface area contributed by atoms with E-state index in [1.54, 1.807) is 17.3 Å². The molecule has 1 aliphatic carbocycles. The fourth-order valence-electron chi connectivity index (χ4n) is 4.40. The lowest BCUT2D eigenvalue weighted by molar-refractivity contribution is -0.133. The van der Waals surface area contributed by atoms with Crippen molar-refractivity contribution >= 4 is 17.6 Å². The van der Waals surface area contributed by atoms with Crippen molar-refractivity contribution in [1.82, 2.24) is 14.8 Å². The largest absolute Gasteiger partial charge is 0.333 e. The van der Waals surface area contributed by atoms with Crippen LogP contribution in [0.1, 0.15) is 35.1 Å². The molecule has 0 saturated carbocycles. The van der Waals surface area contributed by atoms with Crippen LogP contribution in [0, 0.1) is 11.6 Å². The van der Waals surface area contributed by atoms with Gasteiger partial charge in [0.15, 0.2) is 11.6 Å². The van der Waals surface area contributed by atoms with Crippen molar-refractivity contribution < 1.29 is 18.4 Å². The molecule has 0 unspecified atom stereocenters. The summed E-state index contributed by atoms with van der Waals surface area (Å²) < 4.78 is 27.5. The number of aromatic nitrogens is 1. The monoisotopic (exact) mass is 370 g/mol. The Balaban J connectivity index is 1.35. The Morgan fingerprint density at radius 1 is 1.26 bits per heavy atom. The topological polar surface area (TPSA) is 65.5 Å². The Kier molecular flexibility index (Phi) is 3.43. The van der Waals surface area contributed by atoms with Crippen molar-refractivity contribution in [2.45, 2.75) is 24.9 Å². The summed E-state index contributed by atoms with van der Waals surface area (Å²) in [6, 6.07) is 3.78. The Hall–Kier alpha value is -3.03. The van der Waals surface area contributed by atoms with Crippen LogP contribution in [0.3, 0.4) is 0 Å². The molecule has 27 heavy (non-hydrogen) atoms. The number of benzene rings is 1. The van der Waals surface area contributed by atoms with Gasteiger partial charge in [-0.2, -0.15) is 0 Å². The van der Waals surface area contributed by atoms with Crippen LogP contribution < -0.4 is 5.32 Å². The highest BCUT2D eigenvalue weighted by molar-refractivity contribution is 5.95. The summed E-state index contributed by atoms with van der Waals surface area (Å²) in [4.78, 5) is 32.2. The zero-order valence-electron chi connectivity index (χ0n) is 14.3. The molecule has 2 aromatic rings. The number of fused-ring (bicyclic) bond motifs is 6. The maximum Gasteiger partial charge on any atom is 0.322 e. The lowest BCUT2D eigenvalue weighted by Crippen LogP contribution is -2.46. The van der Waals surface area contributed by atoms with Crippen LogP contribution in [0.15, 0.2) is 30.6 Å². The summed E-state index contributed by atoms with van der Waals surface area (Å²) >= 11 is 0. The van der Waals surface area contributed by atoms with Gasteiger partial charge in [0.05, 0.1) is 18.3 Å². The van der Waals surface area contributed by atoms with E-state index in [1.807, 2.05) is 6.07 Å². The molecular weight excluding hydrogens is 354 g/mol. The number of halogens is 2. The minimum atomic E-state index is -0.995. The highest BCUT2D eigenvalue weighted by atomic mass is 19.2. The van der Waals surface area contributed by atoms with Crippen LogP contribution in [0.5, 0.6) is 0 Å². The number of hydrogen-bond donors (Lipinski definition) is 1. The van der Waals surface area contributed by atoms with Gasteiger partial charge in [0.2, 0.25) is 5.91 Å². The van der Waals surface area contributed by atoms with Crippen LogP contribution in [0.2, 0.25) is 0 Å². The van der Waals surface area contributed by atoms with Gasteiger partial charge in [0.25, 0.3) is 0 Å². The maximum atomic E-state index is 14.1. The zero-order valence-corrected chi connectivity index (χ0v) is 14.3. The van der Waals surface area contributed by atoms with E-state index in [-0.39, 0.29) is 36.3 Å². The van der Waals surface area contributed by atoms with Crippen molar-refractivity contribution in [2.24, 2.45) is 0 Å². The third-order valence-electron chi connectivity index (χ3n) is 5.71. The molecule has 0 spiro atoms. The number of pyridine rings is 1. The van der Waals surface area contributed by atoms with Crippen molar-refractivity contribution in [1.29, 1.82) is 0 Å². The Labute approximate surface area is 153 Å². The highest BCUT2D eigenvalue weighted by Crippen LogP contribution is 2.49. The van der Waals surface area contributed by atoms with Gasteiger partial charge in [-0.05, 0) is 35.7 Å². The molecule has 3 amide bonds. The molecule has 5 rings (SSSR count). The first-order valence-electron chi connectivity index (χ1n) is 8.79. The van der Waals surface area contributed by atoms with Gasteiger partial charge in [-0.25, -0.2) is 13.6 Å². The first kappa shape index (κ1) is 16.2. The molecule has 1 fully saturated rings. The fourth-order valence-corrected chi connectivity index (χ4v) is 4.40. The molecule has 1 aromatic heterocycles. The molecule has 1 N–H and O–H groups in total. The molecule has 2 atom stereocenters. The number of nitrogens with zero attached hydrogens (tertiary/aromatic N) is 3. The van der Waals surface area contributed by atoms with E-state index < -0.39 is 17.7 Å². The summed E-state index contributed by atoms with van der Waals surface area (Å²) in [7, 11) is 0. The number of rotatable bonds is 2. The predicted molar refractivity (Wildman–Crippen MR) is 91.8 cm³/mol. The predicted octanol–water partition coefficient (Wildman–Crippen LogP) is 2.78.